The number of primary amides is 1. The molecule has 0 heterocycles. The first-order chi connectivity index (χ1) is 5.86. The Kier molecular flexibility index (Phi) is 4.45. The molecule has 0 aliphatic rings. The normalized spacial score (nSPS) is 15.2. The average molecular weight is 186 g/mol. The minimum Gasteiger partial charge on any atom is -0.368 e. The van der Waals surface area contributed by atoms with Crippen molar-refractivity contribution in [3.05, 3.63) is 0 Å². The van der Waals surface area contributed by atoms with E-state index in [4.69, 9.17) is 5.73 Å². The lowest BCUT2D eigenvalue weighted by atomic mass is 9.97. The SMILES string of the molecule is CC(C)[C@H](C)C(=O)N[C@@H](C)C(N)=O. The summed E-state index contributed by atoms with van der Waals surface area (Å²) < 4.78 is 0. The number of hydrogen-bond acceptors (Lipinski definition) is 2. The third-order valence-corrected chi connectivity index (χ3v) is 2.20. The molecule has 0 spiro atoms. The van der Waals surface area contributed by atoms with Crippen LogP contribution in [0.2, 0.25) is 0 Å². The van der Waals surface area contributed by atoms with Gasteiger partial charge in [0.1, 0.15) is 6.04 Å². The van der Waals surface area contributed by atoms with Gasteiger partial charge in [0.15, 0.2) is 0 Å². The molecule has 13 heavy (non-hydrogen) atoms. The quantitative estimate of drug-likeness (QED) is 0.661. The fourth-order valence-corrected chi connectivity index (χ4v) is 0.719. The Morgan fingerprint density at radius 1 is 1.15 bits per heavy atom. The maximum absolute atomic E-state index is 11.4. The molecule has 0 fully saturated rings. The van der Waals surface area contributed by atoms with Crippen molar-refractivity contribution in [1.29, 1.82) is 0 Å². The van der Waals surface area contributed by atoms with E-state index < -0.39 is 11.9 Å². The van der Waals surface area contributed by atoms with E-state index in [1.165, 1.54) is 0 Å². The lowest BCUT2D eigenvalue weighted by molar-refractivity contribution is -0.130. The van der Waals surface area contributed by atoms with Gasteiger partial charge in [0.2, 0.25) is 11.8 Å². The summed E-state index contributed by atoms with van der Waals surface area (Å²) in [5.74, 6) is -0.465. The fourth-order valence-electron chi connectivity index (χ4n) is 0.719. The van der Waals surface area contributed by atoms with Gasteiger partial charge in [-0.05, 0) is 12.8 Å². The molecule has 0 bridgehead atoms. The first-order valence-corrected chi connectivity index (χ1v) is 4.46. The zero-order valence-electron chi connectivity index (χ0n) is 8.63. The van der Waals surface area contributed by atoms with Crippen molar-refractivity contribution in [2.24, 2.45) is 17.6 Å². The predicted molar refractivity (Wildman–Crippen MR) is 50.8 cm³/mol. The van der Waals surface area contributed by atoms with Gasteiger partial charge in [-0.25, -0.2) is 0 Å². The van der Waals surface area contributed by atoms with E-state index >= 15 is 0 Å². The van der Waals surface area contributed by atoms with E-state index in [9.17, 15) is 9.59 Å². The van der Waals surface area contributed by atoms with Crippen molar-refractivity contribution in [2.75, 3.05) is 0 Å². The molecule has 2 atom stereocenters. The van der Waals surface area contributed by atoms with Crippen LogP contribution in [-0.2, 0) is 9.59 Å². The molecule has 0 aromatic rings. The van der Waals surface area contributed by atoms with Crippen LogP contribution in [0.4, 0.5) is 0 Å². The first kappa shape index (κ1) is 11.9. The summed E-state index contributed by atoms with van der Waals surface area (Å²) in [6.45, 7) is 7.32. The van der Waals surface area contributed by atoms with Crippen molar-refractivity contribution in [3.63, 3.8) is 0 Å². The van der Waals surface area contributed by atoms with Crippen LogP contribution >= 0.6 is 0 Å². The molecule has 3 N–H and O–H groups in total. The highest BCUT2D eigenvalue weighted by Gasteiger charge is 2.19. The number of carbonyl (C=O) groups excluding carboxylic acids is 2. The van der Waals surface area contributed by atoms with Crippen LogP contribution < -0.4 is 11.1 Å². The third-order valence-electron chi connectivity index (χ3n) is 2.20. The van der Waals surface area contributed by atoms with Gasteiger partial charge < -0.3 is 11.1 Å². The van der Waals surface area contributed by atoms with Gasteiger partial charge in [-0.3, -0.25) is 9.59 Å². The van der Waals surface area contributed by atoms with E-state index in [1.807, 2.05) is 20.8 Å². The van der Waals surface area contributed by atoms with Crippen LogP contribution in [0.3, 0.4) is 0 Å². The summed E-state index contributed by atoms with van der Waals surface area (Å²) in [5.41, 5.74) is 5.01. The van der Waals surface area contributed by atoms with Crippen LogP contribution in [0, 0.1) is 11.8 Å². The number of hydrogen-bond donors (Lipinski definition) is 2. The van der Waals surface area contributed by atoms with Crippen LogP contribution in [0.15, 0.2) is 0 Å². The standard InChI is InChI=1S/C9H18N2O2/c1-5(2)6(3)9(13)11-7(4)8(10)12/h5-7H,1-4H3,(H2,10,12)(H,11,13)/t6-,7-/m0/s1. The Morgan fingerprint density at radius 2 is 1.62 bits per heavy atom. The van der Waals surface area contributed by atoms with Crippen LogP contribution in [-0.4, -0.2) is 17.9 Å². The summed E-state index contributed by atoms with van der Waals surface area (Å²) >= 11 is 0. The Balaban J connectivity index is 4.08. The van der Waals surface area contributed by atoms with Gasteiger partial charge in [0.25, 0.3) is 0 Å². The molecule has 0 rings (SSSR count). The molecular formula is C9H18N2O2. The topological polar surface area (TPSA) is 72.2 Å². The minimum atomic E-state index is -0.589. The Bertz CT molecular complexity index is 202. The number of nitrogens with one attached hydrogen (secondary N) is 1. The number of rotatable bonds is 4. The molecular weight excluding hydrogens is 168 g/mol. The second kappa shape index (κ2) is 4.84. The molecule has 2 amide bonds. The number of nitrogens with two attached hydrogens (primary N) is 1. The van der Waals surface area contributed by atoms with Crippen molar-refractivity contribution in [2.45, 2.75) is 33.7 Å². The zero-order chi connectivity index (χ0) is 10.6. The Hall–Kier alpha value is -1.06. The Morgan fingerprint density at radius 3 is 1.92 bits per heavy atom. The Labute approximate surface area is 78.9 Å². The third kappa shape index (κ3) is 3.92. The van der Waals surface area contributed by atoms with Crippen molar-refractivity contribution in [1.82, 2.24) is 5.32 Å². The first-order valence-electron chi connectivity index (χ1n) is 4.46. The molecule has 0 aliphatic heterocycles. The smallest absolute Gasteiger partial charge is 0.239 e. The molecule has 0 aromatic heterocycles. The molecule has 0 aromatic carbocycles. The number of amides is 2. The predicted octanol–water partition coefficient (Wildman–Crippen LogP) is 0.269. The summed E-state index contributed by atoms with van der Waals surface area (Å²) in [6, 6.07) is -0.589. The van der Waals surface area contributed by atoms with E-state index in [-0.39, 0.29) is 17.7 Å². The largest absolute Gasteiger partial charge is 0.368 e. The highest BCUT2D eigenvalue weighted by atomic mass is 16.2. The molecule has 0 saturated heterocycles. The van der Waals surface area contributed by atoms with E-state index in [1.54, 1.807) is 6.92 Å². The van der Waals surface area contributed by atoms with E-state index in [0.717, 1.165) is 0 Å². The van der Waals surface area contributed by atoms with Crippen molar-refractivity contribution >= 4 is 11.8 Å². The van der Waals surface area contributed by atoms with Gasteiger partial charge in [-0.2, -0.15) is 0 Å². The molecule has 0 aliphatic carbocycles. The van der Waals surface area contributed by atoms with Crippen LogP contribution in [0.5, 0.6) is 0 Å². The summed E-state index contributed by atoms with van der Waals surface area (Å²) in [5, 5.41) is 2.55. The maximum atomic E-state index is 11.4. The minimum absolute atomic E-state index is 0.0956. The van der Waals surface area contributed by atoms with Crippen LogP contribution in [0.25, 0.3) is 0 Å². The number of carbonyl (C=O) groups is 2. The van der Waals surface area contributed by atoms with Gasteiger partial charge in [0, 0.05) is 5.92 Å². The molecule has 76 valence electrons. The van der Waals surface area contributed by atoms with Crippen molar-refractivity contribution in [3.8, 4) is 0 Å². The molecule has 0 saturated carbocycles. The van der Waals surface area contributed by atoms with Gasteiger partial charge in [-0.1, -0.05) is 20.8 Å². The highest BCUT2D eigenvalue weighted by molar-refractivity contribution is 5.87. The molecule has 4 nitrogen and oxygen atoms in total. The second-order valence-corrected chi connectivity index (χ2v) is 3.67. The average Bonchev–Trinajstić information content (AvgIpc) is 2.02. The monoisotopic (exact) mass is 186 g/mol. The summed E-state index contributed by atoms with van der Waals surface area (Å²) in [6.07, 6.45) is 0. The zero-order valence-corrected chi connectivity index (χ0v) is 8.63. The highest BCUT2D eigenvalue weighted by Crippen LogP contribution is 2.09. The second-order valence-electron chi connectivity index (χ2n) is 3.67. The summed E-state index contributed by atoms with van der Waals surface area (Å²) in [7, 11) is 0. The fraction of sp³-hybridized carbons (Fsp3) is 0.778. The van der Waals surface area contributed by atoms with Crippen LogP contribution in [0.1, 0.15) is 27.7 Å². The maximum Gasteiger partial charge on any atom is 0.239 e. The molecule has 0 unspecified atom stereocenters. The van der Waals surface area contributed by atoms with Gasteiger partial charge in [-0.15, -0.1) is 0 Å². The lowest BCUT2D eigenvalue weighted by Crippen LogP contribution is -2.45. The van der Waals surface area contributed by atoms with Gasteiger partial charge in [0.05, 0.1) is 0 Å². The molecule has 4 heteroatoms. The summed E-state index contributed by atoms with van der Waals surface area (Å²) in [4.78, 5) is 22.0. The van der Waals surface area contributed by atoms with Gasteiger partial charge >= 0.3 is 0 Å². The van der Waals surface area contributed by atoms with E-state index in [0.29, 0.717) is 0 Å². The van der Waals surface area contributed by atoms with Crippen molar-refractivity contribution < 1.29 is 9.59 Å². The lowest BCUT2D eigenvalue weighted by Gasteiger charge is -2.17. The van der Waals surface area contributed by atoms with E-state index in [2.05, 4.69) is 5.32 Å². The molecule has 0 radical (unpaired) electrons.